The van der Waals surface area contributed by atoms with E-state index in [1.807, 2.05) is 0 Å². The lowest BCUT2D eigenvalue weighted by Crippen LogP contribution is -2.62. The Balaban J connectivity index is 2.12. The molecule has 2 N–H and O–H groups in total. The topological polar surface area (TPSA) is 35.2 Å². The van der Waals surface area contributed by atoms with E-state index in [0.29, 0.717) is 10.2 Å². The summed E-state index contributed by atoms with van der Waals surface area (Å²) >= 11 is 3.17. The van der Waals surface area contributed by atoms with E-state index in [2.05, 4.69) is 29.8 Å². The lowest BCUT2D eigenvalue weighted by molar-refractivity contribution is -0.0722. The van der Waals surface area contributed by atoms with Crippen molar-refractivity contribution in [3.05, 3.63) is 28.5 Å². The molecule has 1 aromatic rings. The number of rotatable bonds is 4. The number of benzene rings is 1. The normalized spacial score (nSPS) is 25.6. The van der Waals surface area contributed by atoms with Crippen LogP contribution in [0.4, 0.5) is 4.39 Å². The van der Waals surface area contributed by atoms with E-state index in [1.165, 1.54) is 6.07 Å². The summed E-state index contributed by atoms with van der Waals surface area (Å²) in [6, 6.07) is 4.97. The lowest BCUT2D eigenvalue weighted by atomic mass is 9.59. The molecule has 0 aliphatic heterocycles. The monoisotopic (exact) mass is 315 g/mol. The van der Waals surface area contributed by atoms with Gasteiger partial charge in [-0.2, -0.15) is 0 Å². The van der Waals surface area contributed by atoms with Crippen LogP contribution in [0, 0.1) is 11.2 Å². The van der Waals surface area contributed by atoms with Gasteiger partial charge in [-0.05, 0) is 47.0 Å². The Morgan fingerprint density at radius 1 is 1.44 bits per heavy atom. The molecule has 2 unspecified atom stereocenters. The van der Waals surface area contributed by atoms with Crippen LogP contribution in [0.25, 0.3) is 0 Å². The minimum Gasteiger partial charge on any atom is -0.490 e. The van der Waals surface area contributed by atoms with Gasteiger partial charge in [0.2, 0.25) is 0 Å². The van der Waals surface area contributed by atoms with Gasteiger partial charge in [0, 0.05) is 17.9 Å². The van der Waals surface area contributed by atoms with Gasteiger partial charge in [-0.3, -0.25) is 0 Å². The van der Waals surface area contributed by atoms with E-state index in [4.69, 9.17) is 10.5 Å². The van der Waals surface area contributed by atoms with E-state index < -0.39 is 0 Å². The zero-order chi connectivity index (χ0) is 13.3. The fourth-order valence-corrected chi connectivity index (χ4v) is 3.25. The average Bonchev–Trinajstić information content (AvgIpc) is 2.35. The third-order valence-electron chi connectivity index (χ3n) is 4.33. The Morgan fingerprint density at radius 3 is 2.61 bits per heavy atom. The van der Waals surface area contributed by atoms with Crippen LogP contribution < -0.4 is 10.5 Å². The first-order valence-corrected chi connectivity index (χ1v) is 7.20. The summed E-state index contributed by atoms with van der Waals surface area (Å²) in [4.78, 5) is 0. The largest absolute Gasteiger partial charge is 0.490 e. The molecular formula is C14H19BrFNO. The van der Waals surface area contributed by atoms with Gasteiger partial charge in [0.25, 0.3) is 0 Å². The zero-order valence-corrected chi connectivity index (χ0v) is 12.3. The summed E-state index contributed by atoms with van der Waals surface area (Å²) in [6.07, 6.45) is 3.03. The highest BCUT2D eigenvalue weighted by Crippen LogP contribution is 2.47. The molecule has 0 radical (unpaired) electrons. The molecule has 0 aromatic heterocycles. The maximum absolute atomic E-state index is 13.2. The molecule has 0 amide bonds. The van der Waals surface area contributed by atoms with Gasteiger partial charge in [-0.25, -0.2) is 4.39 Å². The summed E-state index contributed by atoms with van der Waals surface area (Å²) in [5.74, 6) is 0.427. The molecule has 2 atom stereocenters. The molecule has 0 bridgehead atoms. The second-order valence-corrected chi connectivity index (χ2v) is 5.82. The predicted molar refractivity (Wildman–Crippen MR) is 74.1 cm³/mol. The fraction of sp³-hybridized carbons (Fsp3) is 0.571. The van der Waals surface area contributed by atoms with Gasteiger partial charge in [0.05, 0.1) is 4.47 Å². The molecular weight excluding hydrogens is 297 g/mol. The van der Waals surface area contributed by atoms with Gasteiger partial charge in [-0.15, -0.1) is 0 Å². The number of ether oxygens (including phenoxy) is 1. The Labute approximate surface area is 116 Å². The third-order valence-corrected chi connectivity index (χ3v) is 4.94. The van der Waals surface area contributed by atoms with E-state index >= 15 is 0 Å². The van der Waals surface area contributed by atoms with Crippen LogP contribution in [0.15, 0.2) is 22.7 Å². The first-order chi connectivity index (χ1) is 8.53. The zero-order valence-electron chi connectivity index (χ0n) is 10.7. The summed E-state index contributed by atoms with van der Waals surface area (Å²) in [5.41, 5.74) is 6.20. The van der Waals surface area contributed by atoms with Crippen LogP contribution >= 0.6 is 15.9 Å². The molecule has 18 heavy (non-hydrogen) atoms. The highest BCUT2D eigenvalue weighted by atomic mass is 79.9. The van der Waals surface area contributed by atoms with Crippen molar-refractivity contribution in [2.24, 2.45) is 11.1 Å². The first-order valence-electron chi connectivity index (χ1n) is 6.40. The van der Waals surface area contributed by atoms with E-state index in [-0.39, 0.29) is 23.4 Å². The second kappa shape index (κ2) is 5.17. The van der Waals surface area contributed by atoms with Gasteiger partial charge < -0.3 is 10.5 Å². The van der Waals surface area contributed by atoms with Crippen molar-refractivity contribution in [1.82, 2.24) is 0 Å². The number of halogens is 2. The minimum atomic E-state index is -0.273. The van der Waals surface area contributed by atoms with Crippen LogP contribution in [-0.4, -0.2) is 12.1 Å². The van der Waals surface area contributed by atoms with Crippen molar-refractivity contribution < 1.29 is 9.13 Å². The van der Waals surface area contributed by atoms with Crippen LogP contribution in [0.5, 0.6) is 5.75 Å². The molecule has 0 saturated heterocycles. The molecule has 0 spiro atoms. The van der Waals surface area contributed by atoms with Crippen LogP contribution in [0.3, 0.4) is 0 Å². The van der Waals surface area contributed by atoms with Crippen LogP contribution in [-0.2, 0) is 0 Å². The van der Waals surface area contributed by atoms with Crippen molar-refractivity contribution in [1.29, 1.82) is 0 Å². The van der Waals surface area contributed by atoms with Gasteiger partial charge in [0.15, 0.2) is 0 Å². The molecule has 1 aliphatic carbocycles. The Morgan fingerprint density at radius 2 is 2.11 bits per heavy atom. The van der Waals surface area contributed by atoms with Crippen molar-refractivity contribution >= 4 is 15.9 Å². The Kier molecular flexibility index (Phi) is 3.97. The van der Waals surface area contributed by atoms with E-state index in [9.17, 15) is 4.39 Å². The SMILES string of the molecule is CCC1(CC)C(N)CC1Oc1ccc(F)c(Br)c1. The van der Waals surface area contributed by atoms with E-state index in [1.54, 1.807) is 12.1 Å². The summed E-state index contributed by atoms with van der Waals surface area (Å²) < 4.78 is 19.6. The molecule has 1 aliphatic rings. The second-order valence-electron chi connectivity index (χ2n) is 4.96. The highest BCUT2D eigenvalue weighted by molar-refractivity contribution is 9.10. The minimum absolute atomic E-state index is 0.0703. The maximum atomic E-state index is 13.2. The first kappa shape index (κ1) is 13.8. The molecule has 0 heterocycles. The maximum Gasteiger partial charge on any atom is 0.137 e. The smallest absolute Gasteiger partial charge is 0.137 e. The molecule has 100 valence electrons. The molecule has 1 aromatic carbocycles. The highest BCUT2D eigenvalue weighted by Gasteiger charge is 2.52. The molecule has 4 heteroatoms. The Bertz CT molecular complexity index is 434. The van der Waals surface area contributed by atoms with Crippen LogP contribution in [0.2, 0.25) is 0 Å². The van der Waals surface area contributed by atoms with E-state index in [0.717, 1.165) is 19.3 Å². The van der Waals surface area contributed by atoms with Crippen molar-refractivity contribution in [2.45, 2.75) is 45.3 Å². The van der Waals surface area contributed by atoms with Crippen molar-refractivity contribution in [2.75, 3.05) is 0 Å². The molecule has 2 nitrogen and oxygen atoms in total. The summed E-state index contributed by atoms with van der Waals surface area (Å²) in [7, 11) is 0. The lowest BCUT2D eigenvalue weighted by Gasteiger charge is -2.53. The molecule has 2 rings (SSSR count). The Hall–Kier alpha value is -0.610. The summed E-state index contributed by atoms with van der Waals surface area (Å²) in [6.45, 7) is 4.30. The predicted octanol–water partition coefficient (Wildman–Crippen LogP) is 3.87. The fourth-order valence-electron chi connectivity index (χ4n) is 2.89. The third kappa shape index (κ3) is 2.16. The standard InChI is InChI=1S/C14H19BrFNO/c1-3-14(4-2)12(17)8-13(14)18-9-5-6-11(16)10(15)7-9/h5-7,12-13H,3-4,8,17H2,1-2H3. The summed E-state index contributed by atoms with van der Waals surface area (Å²) in [5, 5.41) is 0. The number of nitrogens with two attached hydrogens (primary N) is 1. The number of hydrogen-bond donors (Lipinski definition) is 1. The van der Waals surface area contributed by atoms with Gasteiger partial charge >= 0.3 is 0 Å². The van der Waals surface area contributed by atoms with Crippen molar-refractivity contribution in [3.63, 3.8) is 0 Å². The average molecular weight is 316 g/mol. The van der Waals surface area contributed by atoms with Crippen molar-refractivity contribution in [3.8, 4) is 5.75 Å². The van der Waals surface area contributed by atoms with Crippen LogP contribution in [0.1, 0.15) is 33.1 Å². The van der Waals surface area contributed by atoms with Gasteiger partial charge in [0.1, 0.15) is 17.7 Å². The quantitative estimate of drug-likeness (QED) is 0.915. The molecule has 1 saturated carbocycles. The molecule has 1 fully saturated rings. The number of hydrogen-bond acceptors (Lipinski definition) is 2. The van der Waals surface area contributed by atoms with Gasteiger partial charge in [-0.1, -0.05) is 13.8 Å².